The van der Waals surface area contributed by atoms with Gasteiger partial charge in [-0.15, -0.1) is 0 Å². The highest BCUT2D eigenvalue weighted by Gasteiger charge is 2.07. The lowest BCUT2D eigenvalue weighted by molar-refractivity contribution is 0.263. The molecule has 4 nitrogen and oxygen atoms in total. The van der Waals surface area contributed by atoms with Crippen molar-refractivity contribution in [3.63, 3.8) is 0 Å². The van der Waals surface area contributed by atoms with Crippen LogP contribution >= 0.6 is 0 Å². The van der Waals surface area contributed by atoms with Gasteiger partial charge in [0.2, 0.25) is 0 Å². The van der Waals surface area contributed by atoms with Crippen LogP contribution in [0, 0.1) is 0 Å². The molecule has 0 amide bonds. The van der Waals surface area contributed by atoms with Crippen molar-refractivity contribution >= 4 is 0 Å². The van der Waals surface area contributed by atoms with Crippen LogP contribution in [0.2, 0.25) is 0 Å². The van der Waals surface area contributed by atoms with Gasteiger partial charge in [0.05, 0.1) is 5.69 Å². The summed E-state index contributed by atoms with van der Waals surface area (Å²) < 4.78 is 2.03. The Labute approximate surface area is 105 Å². The van der Waals surface area contributed by atoms with E-state index in [1.54, 1.807) is 0 Å². The Bertz CT molecular complexity index is 306. The largest absolute Gasteiger partial charge is 0.318 e. The van der Waals surface area contributed by atoms with E-state index in [4.69, 9.17) is 0 Å². The Morgan fingerprint density at radius 1 is 1.41 bits per heavy atom. The monoisotopic (exact) mass is 238 g/mol. The molecule has 0 atom stereocenters. The number of hydrogen-bond donors (Lipinski definition) is 1. The van der Waals surface area contributed by atoms with E-state index in [1.165, 1.54) is 12.1 Å². The lowest BCUT2D eigenvalue weighted by atomic mass is 10.3. The van der Waals surface area contributed by atoms with E-state index in [2.05, 4.69) is 48.3 Å². The first kappa shape index (κ1) is 14.2. The summed E-state index contributed by atoms with van der Waals surface area (Å²) in [6.45, 7) is 10.7. The first-order chi connectivity index (χ1) is 8.17. The van der Waals surface area contributed by atoms with Gasteiger partial charge < -0.3 is 5.32 Å². The molecule has 1 N–H and O–H groups in total. The lowest BCUT2D eigenvalue weighted by Crippen LogP contribution is -2.31. The molecule has 1 rings (SSSR count). The van der Waals surface area contributed by atoms with Gasteiger partial charge in [-0.25, -0.2) is 0 Å². The van der Waals surface area contributed by atoms with Crippen molar-refractivity contribution in [1.29, 1.82) is 0 Å². The number of rotatable bonds is 8. The van der Waals surface area contributed by atoms with Crippen molar-refractivity contribution in [3.05, 3.63) is 18.0 Å². The average molecular weight is 238 g/mol. The van der Waals surface area contributed by atoms with Crippen molar-refractivity contribution in [2.45, 2.75) is 39.8 Å². The average Bonchev–Trinajstić information content (AvgIpc) is 2.75. The molecule has 0 aliphatic carbocycles. The van der Waals surface area contributed by atoms with Gasteiger partial charge in [0, 0.05) is 31.9 Å². The van der Waals surface area contributed by atoms with E-state index < -0.39 is 0 Å². The molecule has 17 heavy (non-hydrogen) atoms. The topological polar surface area (TPSA) is 33.1 Å². The normalized spacial score (nSPS) is 11.6. The number of aromatic nitrogens is 2. The molecule has 1 aromatic heterocycles. The molecule has 0 aliphatic rings. The van der Waals surface area contributed by atoms with Crippen LogP contribution in [0.25, 0.3) is 0 Å². The van der Waals surface area contributed by atoms with Crippen LogP contribution in [-0.4, -0.2) is 41.4 Å². The van der Waals surface area contributed by atoms with Crippen molar-refractivity contribution in [3.8, 4) is 0 Å². The lowest BCUT2D eigenvalue weighted by Gasteiger charge is -2.20. The summed E-state index contributed by atoms with van der Waals surface area (Å²) in [5.74, 6) is 0. The van der Waals surface area contributed by atoms with Gasteiger partial charge in [-0.05, 0) is 39.9 Å². The summed E-state index contributed by atoms with van der Waals surface area (Å²) in [4.78, 5) is 2.45. The second-order valence-electron chi connectivity index (χ2n) is 4.76. The summed E-state index contributed by atoms with van der Waals surface area (Å²) >= 11 is 0. The van der Waals surface area contributed by atoms with E-state index >= 15 is 0 Å². The molecule has 0 radical (unpaired) electrons. The molecule has 0 saturated carbocycles. The minimum atomic E-state index is 0.445. The predicted molar refractivity (Wildman–Crippen MR) is 72.1 cm³/mol. The molecule has 98 valence electrons. The van der Waals surface area contributed by atoms with Crippen LogP contribution in [0.5, 0.6) is 0 Å². The van der Waals surface area contributed by atoms with Crippen molar-refractivity contribution in [1.82, 2.24) is 20.0 Å². The maximum atomic E-state index is 4.59. The molecule has 0 aliphatic heterocycles. The molecule has 4 heteroatoms. The van der Waals surface area contributed by atoms with Gasteiger partial charge in [-0.3, -0.25) is 9.58 Å². The van der Waals surface area contributed by atoms with Crippen LogP contribution < -0.4 is 5.32 Å². The van der Waals surface area contributed by atoms with E-state index in [9.17, 15) is 0 Å². The van der Waals surface area contributed by atoms with Crippen LogP contribution in [0.3, 0.4) is 0 Å². The highest BCUT2D eigenvalue weighted by molar-refractivity contribution is 4.99. The zero-order valence-electron chi connectivity index (χ0n) is 11.6. The predicted octanol–water partition coefficient (Wildman–Crippen LogP) is 1.90. The van der Waals surface area contributed by atoms with Crippen molar-refractivity contribution in [2.75, 3.05) is 26.7 Å². The Hall–Kier alpha value is -0.870. The van der Waals surface area contributed by atoms with Gasteiger partial charge in [-0.2, -0.15) is 5.10 Å². The van der Waals surface area contributed by atoms with Gasteiger partial charge in [0.1, 0.15) is 0 Å². The molecular weight excluding hydrogens is 212 g/mol. The second kappa shape index (κ2) is 7.45. The summed E-state index contributed by atoms with van der Waals surface area (Å²) in [6.07, 6.45) is 3.26. The minimum Gasteiger partial charge on any atom is -0.318 e. The minimum absolute atomic E-state index is 0.445. The van der Waals surface area contributed by atoms with Crippen LogP contribution in [-0.2, 0) is 6.54 Å². The molecule has 0 bridgehead atoms. The van der Waals surface area contributed by atoms with Gasteiger partial charge >= 0.3 is 0 Å². The molecule has 0 saturated heterocycles. The molecular formula is C13H26N4. The highest BCUT2D eigenvalue weighted by Crippen LogP contribution is 2.07. The third kappa shape index (κ3) is 4.88. The van der Waals surface area contributed by atoms with Gasteiger partial charge in [0.15, 0.2) is 0 Å². The number of nitrogens with zero attached hydrogens (tertiary/aromatic N) is 3. The van der Waals surface area contributed by atoms with E-state index in [0.29, 0.717) is 6.04 Å². The summed E-state index contributed by atoms with van der Waals surface area (Å²) in [7, 11) is 2.00. The third-order valence-electron chi connectivity index (χ3n) is 2.80. The first-order valence-corrected chi connectivity index (χ1v) is 6.58. The van der Waals surface area contributed by atoms with Crippen LogP contribution in [0.1, 0.15) is 38.9 Å². The fourth-order valence-corrected chi connectivity index (χ4v) is 1.83. The fourth-order valence-electron chi connectivity index (χ4n) is 1.83. The van der Waals surface area contributed by atoms with Crippen molar-refractivity contribution in [2.24, 2.45) is 0 Å². The Morgan fingerprint density at radius 2 is 2.18 bits per heavy atom. The quantitative estimate of drug-likeness (QED) is 0.751. The first-order valence-electron chi connectivity index (χ1n) is 6.58. The summed E-state index contributed by atoms with van der Waals surface area (Å²) in [6, 6.07) is 2.57. The standard InChI is InChI=1S/C13H26N4/c1-5-8-16(10-7-14-4)11-13-6-9-17(15-13)12(2)3/h6,9,12,14H,5,7-8,10-11H2,1-4H3. The third-order valence-corrected chi connectivity index (χ3v) is 2.80. The zero-order chi connectivity index (χ0) is 12.7. The fraction of sp³-hybridized carbons (Fsp3) is 0.769. The number of nitrogens with one attached hydrogen (secondary N) is 1. The molecule has 0 fully saturated rings. The van der Waals surface area contributed by atoms with Crippen molar-refractivity contribution < 1.29 is 0 Å². The second-order valence-corrected chi connectivity index (χ2v) is 4.76. The number of likely N-dealkylation sites (N-methyl/N-ethyl adjacent to an activating group) is 1. The van der Waals surface area contributed by atoms with Gasteiger partial charge in [0.25, 0.3) is 0 Å². The SMILES string of the molecule is CCCN(CCNC)Cc1ccn(C(C)C)n1. The summed E-state index contributed by atoms with van der Waals surface area (Å²) in [5.41, 5.74) is 1.17. The zero-order valence-corrected chi connectivity index (χ0v) is 11.6. The maximum absolute atomic E-state index is 4.59. The van der Waals surface area contributed by atoms with E-state index in [-0.39, 0.29) is 0 Å². The Kier molecular flexibility index (Phi) is 6.22. The Morgan fingerprint density at radius 3 is 2.71 bits per heavy atom. The van der Waals surface area contributed by atoms with E-state index in [1.807, 2.05) is 11.7 Å². The van der Waals surface area contributed by atoms with Crippen LogP contribution in [0.15, 0.2) is 12.3 Å². The molecule has 1 aromatic rings. The molecule has 0 aromatic carbocycles. The molecule has 0 unspecified atom stereocenters. The number of hydrogen-bond acceptors (Lipinski definition) is 3. The Balaban J connectivity index is 2.52. The van der Waals surface area contributed by atoms with E-state index in [0.717, 1.165) is 26.2 Å². The highest BCUT2D eigenvalue weighted by atomic mass is 15.3. The maximum Gasteiger partial charge on any atom is 0.0764 e. The summed E-state index contributed by atoms with van der Waals surface area (Å²) in [5, 5.41) is 7.79. The molecule has 1 heterocycles. The van der Waals surface area contributed by atoms with Crippen LogP contribution in [0.4, 0.5) is 0 Å². The van der Waals surface area contributed by atoms with Gasteiger partial charge in [-0.1, -0.05) is 6.92 Å². The smallest absolute Gasteiger partial charge is 0.0764 e. The molecule has 0 spiro atoms.